The molecular weight excluding hydrogens is 418 g/mol. The Morgan fingerprint density at radius 2 is 2.00 bits per heavy atom. The van der Waals surface area contributed by atoms with Gasteiger partial charge < -0.3 is 0 Å². The molecule has 1 aromatic carbocycles. The number of nitrogens with zero attached hydrogens (tertiary/aromatic N) is 2. The van der Waals surface area contributed by atoms with E-state index in [9.17, 15) is 26.0 Å². The van der Waals surface area contributed by atoms with Crippen LogP contribution in [0.15, 0.2) is 27.6 Å². The molecule has 11 heteroatoms. The molecular formula is C13H10BrF4N3O2S. The van der Waals surface area contributed by atoms with E-state index in [0.29, 0.717) is 4.47 Å². The predicted molar refractivity (Wildman–Crippen MR) is 79.0 cm³/mol. The van der Waals surface area contributed by atoms with E-state index in [2.05, 4.69) is 26.1 Å². The summed E-state index contributed by atoms with van der Waals surface area (Å²) in [5.74, 6) is -0.974. The molecule has 0 saturated carbocycles. The van der Waals surface area contributed by atoms with Gasteiger partial charge in [0, 0.05) is 35.2 Å². The van der Waals surface area contributed by atoms with Gasteiger partial charge in [-0.1, -0.05) is 15.9 Å². The lowest BCUT2D eigenvalue weighted by Gasteiger charge is -2.26. The maximum atomic E-state index is 14.0. The molecule has 0 radical (unpaired) electrons. The summed E-state index contributed by atoms with van der Waals surface area (Å²) in [5.41, 5.74) is -1.13. The monoisotopic (exact) mass is 427 g/mol. The molecule has 0 spiro atoms. The summed E-state index contributed by atoms with van der Waals surface area (Å²) in [5, 5.41) is 5.53. The van der Waals surface area contributed by atoms with Crippen LogP contribution in [0.2, 0.25) is 0 Å². The normalized spacial score (nSPS) is 16.2. The van der Waals surface area contributed by atoms with Crippen LogP contribution in [0, 0.1) is 5.82 Å². The van der Waals surface area contributed by atoms with Gasteiger partial charge in [0.2, 0.25) is 10.0 Å². The maximum Gasteiger partial charge on any atom is 0.435 e. The summed E-state index contributed by atoms with van der Waals surface area (Å²) in [6.07, 6.45) is -4.66. The van der Waals surface area contributed by atoms with Crippen molar-refractivity contribution in [3.05, 3.63) is 45.4 Å². The van der Waals surface area contributed by atoms with Gasteiger partial charge in [0.1, 0.15) is 10.7 Å². The highest BCUT2D eigenvalue weighted by Crippen LogP contribution is 2.35. The molecule has 5 nitrogen and oxygen atoms in total. The van der Waals surface area contributed by atoms with Crippen LogP contribution < -0.4 is 0 Å². The summed E-state index contributed by atoms with van der Waals surface area (Å²) in [6, 6.07) is 3.41. The largest absolute Gasteiger partial charge is 0.435 e. The van der Waals surface area contributed by atoms with Crippen molar-refractivity contribution >= 4 is 26.0 Å². The van der Waals surface area contributed by atoms with Crippen molar-refractivity contribution in [2.75, 3.05) is 6.54 Å². The highest BCUT2D eigenvalue weighted by molar-refractivity contribution is 9.10. The molecule has 3 rings (SSSR count). The van der Waals surface area contributed by atoms with Crippen LogP contribution in [0.1, 0.15) is 17.0 Å². The first kappa shape index (κ1) is 17.4. The molecule has 1 aliphatic rings. The van der Waals surface area contributed by atoms with Gasteiger partial charge in [-0.2, -0.15) is 22.6 Å². The average Bonchev–Trinajstić information content (AvgIpc) is 2.89. The van der Waals surface area contributed by atoms with Crippen LogP contribution >= 0.6 is 15.9 Å². The zero-order valence-electron chi connectivity index (χ0n) is 11.9. The predicted octanol–water partition coefficient (Wildman–Crippen LogP) is 3.08. The third-order valence-electron chi connectivity index (χ3n) is 3.68. The van der Waals surface area contributed by atoms with Crippen molar-refractivity contribution in [2.45, 2.75) is 24.0 Å². The van der Waals surface area contributed by atoms with Crippen LogP contribution in [0.25, 0.3) is 0 Å². The lowest BCUT2D eigenvalue weighted by atomic mass is 10.1. The van der Waals surface area contributed by atoms with E-state index < -0.39 is 39.2 Å². The Morgan fingerprint density at radius 3 is 2.62 bits per heavy atom. The molecule has 0 amide bonds. The van der Waals surface area contributed by atoms with Crippen LogP contribution in [-0.4, -0.2) is 29.5 Å². The van der Waals surface area contributed by atoms with Gasteiger partial charge in [0.15, 0.2) is 5.69 Å². The standard InChI is InChI=1S/C13H10BrF4N3O2S/c14-7-1-2-11(9(15)5-7)24(22,23)21-4-3-10-8(6-21)12(20-19-10)13(16,17)18/h1-2,5H,3-4,6H2,(H,19,20). The molecule has 1 N–H and O–H groups in total. The number of hydrogen-bond donors (Lipinski definition) is 1. The first-order valence-corrected chi connectivity index (χ1v) is 8.92. The molecule has 0 saturated heterocycles. The van der Waals surface area contributed by atoms with Crippen LogP contribution in [0.4, 0.5) is 17.6 Å². The Bertz CT molecular complexity index is 895. The first-order valence-electron chi connectivity index (χ1n) is 6.69. The van der Waals surface area contributed by atoms with Crippen molar-refractivity contribution in [2.24, 2.45) is 0 Å². The van der Waals surface area contributed by atoms with E-state index in [1.54, 1.807) is 0 Å². The fraction of sp³-hybridized carbons (Fsp3) is 0.308. The number of alkyl halides is 3. The number of aromatic amines is 1. The summed E-state index contributed by atoms with van der Waals surface area (Å²) in [7, 11) is -4.26. The summed E-state index contributed by atoms with van der Waals surface area (Å²) < 4.78 is 79.1. The first-order chi connectivity index (χ1) is 11.1. The molecule has 0 bridgehead atoms. The number of sulfonamides is 1. The summed E-state index contributed by atoms with van der Waals surface area (Å²) >= 11 is 3.02. The van der Waals surface area contributed by atoms with Crippen LogP contribution in [0.3, 0.4) is 0 Å². The van der Waals surface area contributed by atoms with E-state index in [0.717, 1.165) is 16.4 Å². The van der Waals surface area contributed by atoms with Gasteiger partial charge in [-0.05, 0) is 18.2 Å². The van der Waals surface area contributed by atoms with E-state index in [4.69, 9.17) is 0 Å². The number of nitrogens with one attached hydrogen (secondary N) is 1. The SMILES string of the molecule is O=S(=O)(c1ccc(Br)cc1F)N1CCc2[nH]nc(C(F)(F)F)c2C1. The smallest absolute Gasteiger partial charge is 0.282 e. The average molecular weight is 428 g/mol. The highest BCUT2D eigenvalue weighted by atomic mass is 79.9. The van der Waals surface area contributed by atoms with E-state index in [1.807, 2.05) is 0 Å². The summed E-state index contributed by atoms with van der Waals surface area (Å²) in [6.45, 7) is -0.581. The maximum absolute atomic E-state index is 14.0. The minimum atomic E-state index is -4.69. The molecule has 0 unspecified atom stereocenters. The molecule has 2 aromatic rings. The van der Waals surface area contributed by atoms with Gasteiger partial charge in [0.05, 0.1) is 0 Å². The van der Waals surface area contributed by atoms with Crippen molar-refractivity contribution in [3.63, 3.8) is 0 Å². The Morgan fingerprint density at radius 1 is 1.29 bits per heavy atom. The van der Waals surface area contributed by atoms with Gasteiger partial charge >= 0.3 is 6.18 Å². The van der Waals surface area contributed by atoms with Gasteiger partial charge in [-0.15, -0.1) is 0 Å². The lowest BCUT2D eigenvalue weighted by Crippen LogP contribution is -2.36. The molecule has 24 heavy (non-hydrogen) atoms. The van der Waals surface area contributed by atoms with E-state index in [1.165, 1.54) is 6.07 Å². The Hall–Kier alpha value is -1.46. The highest BCUT2D eigenvalue weighted by Gasteiger charge is 2.41. The Balaban J connectivity index is 1.99. The minimum absolute atomic E-state index is 0.0375. The number of hydrogen-bond acceptors (Lipinski definition) is 3. The summed E-state index contributed by atoms with van der Waals surface area (Å²) in [4.78, 5) is -0.578. The third-order valence-corrected chi connectivity index (χ3v) is 6.05. The van der Waals surface area contributed by atoms with Crippen LogP contribution in [0.5, 0.6) is 0 Å². The lowest BCUT2D eigenvalue weighted by molar-refractivity contribution is -0.142. The topological polar surface area (TPSA) is 66.1 Å². The number of halogens is 5. The molecule has 2 heterocycles. The molecule has 0 atom stereocenters. The van der Waals surface area contributed by atoms with Crippen molar-refractivity contribution in [1.29, 1.82) is 0 Å². The number of rotatable bonds is 2. The quantitative estimate of drug-likeness (QED) is 0.748. The van der Waals surface area contributed by atoms with Crippen LogP contribution in [-0.2, 0) is 29.2 Å². The number of aromatic nitrogens is 2. The molecule has 0 fully saturated rings. The number of benzene rings is 1. The molecule has 0 aliphatic carbocycles. The zero-order chi connectivity index (χ0) is 17.7. The second kappa shape index (κ2) is 5.81. The van der Waals surface area contributed by atoms with Gasteiger partial charge in [-0.25, -0.2) is 12.8 Å². The van der Waals surface area contributed by atoms with Gasteiger partial charge in [0.25, 0.3) is 0 Å². The zero-order valence-corrected chi connectivity index (χ0v) is 14.3. The van der Waals surface area contributed by atoms with Crippen molar-refractivity contribution < 1.29 is 26.0 Å². The van der Waals surface area contributed by atoms with E-state index in [-0.39, 0.29) is 24.2 Å². The minimum Gasteiger partial charge on any atom is -0.282 e. The molecule has 1 aromatic heterocycles. The fourth-order valence-electron chi connectivity index (χ4n) is 2.53. The van der Waals surface area contributed by atoms with Crippen molar-refractivity contribution in [1.82, 2.24) is 14.5 Å². The Labute approximate surface area is 142 Å². The number of H-pyrrole nitrogens is 1. The fourth-order valence-corrected chi connectivity index (χ4v) is 4.32. The van der Waals surface area contributed by atoms with E-state index >= 15 is 0 Å². The van der Waals surface area contributed by atoms with Crippen molar-refractivity contribution in [3.8, 4) is 0 Å². The van der Waals surface area contributed by atoms with Gasteiger partial charge in [-0.3, -0.25) is 5.10 Å². The second-order valence-corrected chi connectivity index (χ2v) is 8.01. The third kappa shape index (κ3) is 2.95. The number of fused-ring (bicyclic) bond motifs is 1. The molecule has 1 aliphatic heterocycles. The Kier molecular flexibility index (Phi) is 4.21. The molecule has 130 valence electrons. The second-order valence-electron chi connectivity index (χ2n) is 5.19.